The van der Waals surface area contributed by atoms with Crippen molar-refractivity contribution < 1.29 is 23.4 Å². The highest BCUT2D eigenvalue weighted by Gasteiger charge is 2.44. The first-order chi connectivity index (χ1) is 8.02. The molecule has 7 heteroatoms. The summed E-state index contributed by atoms with van der Waals surface area (Å²) in [5.74, 6) is -3.13. The molecule has 0 spiro atoms. The van der Waals surface area contributed by atoms with Crippen molar-refractivity contribution in [1.29, 1.82) is 0 Å². The summed E-state index contributed by atoms with van der Waals surface area (Å²) in [5, 5.41) is 11.5. The first-order valence-electron chi connectivity index (χ1n) is 5.64. The Hall–Kier alpha value is -0.790. The van der Waals surface area contributed by atoms with Crippen LogP contribution in [-0.2, 0) is 9.53 Å². The molecule has 2 aliphatic heterocycles. The van der Waals surface area contributed by atoms with Gasteiger partial charge in [0.1, 0.15) is 0 Å². The number of hydrogen-bond acceptors (Lipinski definition) is 4. The van der Waals surface area contributed by atoms with Gasteiger partial charge in [-0.1, -0.05) is 0 Å². The molecule has 98 valence electrons. The average Bonchev–Trinajstić information content (AvgIpc) is 2.69. The summed E-state index contributed by atoms with van der Waals surface area (Å²) < 4.78 is 31.1. The predicted octanol–water partition coefficient (Wildman–Crippen LogP) is -0.797. The van der Waals surface area contributed by atoms with Crippen LogP contribution in [0.1, 0.15) is 6.42 Å². The van der Waals surface area contributed by atoms with E-state index in [0.29, 0.717) is 13.2 Å². The molecule has 5 nitrogen and oxygen atoms in total. The Morgan fingerprint density at radius 3 is 2.94 bits per heavy atom. The maximum atomic E-state index is 13.0. The number of rotatable bonds is 2. The largest absolute Gasteiger partial charge is 0.394 e. The van der Waals surface area contributed by atoms with E-state index in [2.05, 4.69) is 5.32 Å². The highest BCUT2D eigenvalue weighted by Crippen LogP contribution is 2.26. The van der Waals surface area contributed by atoms with Crippen molar-refractivity contribution in [2.45, 2.75) is 24.5 Å². The van der Waals surface area contributed by atoms with Crippen LogP contribution in [0.5, 0.6) is 0 Å². The van der Waals surface area contributed by atoms with Crippen LogP contribution in [0.4, 0.5) is 8.78 Å². The van der Waals surface area contributed by atoms with Crippen molar-refractivity contribution >= 4 is 5.91 Å². The second-order valence-corrected chi connectivity index (χ2v) is 4.45. The third-order valence-corrected chi connectivity index (χ3v) is 3.06. The number of amides is 1. The van der Waals surface area contributed by atoms with E-state index in [1.165, 1.54) is 4.90 Å². The Balaban J connectivity index is 1.91. The fraction of sp³-hybridized carbons (Fsp3) is 0.900. The molecule has 2 aliphatic rings. The number of carbonyl (C=O) groups excluding carboxylic acids is 1. The topological polar surface area (TPSA) is 61.8 Å². The zero-order valence-corrected chi connectivity index (χ0v) is 9.36. The summed E-state index contributed by atoms with van der Waals surface area (Å²) in [6, 6.07) is -0.817. The molecular formula is C10H16F2N2O3. The fourth-order valence-corrected chi connectivity index (χ4v) is 2.14. The first kappa shape index (κ1) is 12.7. The maximum Gasteiger partial charge on any atom is 0.262 e. The van der Waals surface area contributed by atoms with Crippen molar-refractivity contribution in [1.82, 2.24) is 10.2 Å². The Morgan fingerprint density at radius 1 is 1.59 bits per heavy atom. The van der Waals surface area contributed by atoms with Crippen molar-refractivity contribution in [3.8, 4) is 0 Å². The second kappa shape index (κ2) is 4.83. The number of carbonyl (C=O) groups is 1. The van der Waals surface area contributed by atoms with Gasteiger partial charge in [0.2, 0.25) is 5.91 Å². The molecular weight excluding hydrogens is 234 g/mol. The number of hydrogen-bond donors (Lipinski definition) is 2. The number of nitrogens with one attached hydrogen (secondary N) is 1. The molecule has 0 aliphatic carbocycles. The molecule has 2 fully saturated rings. The number of aliphatic hydroxyl groups is 1. The zero-order valence-electron chi connectivity index (χ0n) is 9.36. The minimum atomic E-state index is -2.80. The van der Waals surface area contributed by atoms with Crippen LogP contribution in [0, 0.1) is 0 Å². The predicted molar refractivity (Wildman–Crippen MR) is 54.8 cm³/mol. The van der Waals surface area contributed by atoms with Crippen LogP contribution in [0.3, 0.4) is 0 Å². The lowest BCUT2D eigenvalue weighted by Gasteiger charge is -2.33. The van der Waals surface area contributed by atoms with E-state index < -0.39 is 31.0 Å². The normalized spacial score (nSPS) is 32.8. The molecule has 2 heterocycles. The molecule has 0 aromatic carbocycles. The summed E-state index contributed by atoms with van der Waals surface area (Å²) in [6.45, 7) is 0.369. The van der Waals surface area contributed by atoms with Gasteiger partial charge < -0.3 is 14.7 Å². The van der Waals surface area contributed by atoms with Gasteiger partial charge in [-0.3, -0.25) is 10.1 Å². The molecule has 1 amide bonds. The maximum absolute atomic E-state index is 13.0. The molecule has 2 atom stereocenters. The lowest BCUT2D eigenvalue weighted by molar-refractivity contribution is -0.142. The Morgan fingerprint density at radius 2 is 2.35 bits per heavy atom. The van der Waals surface area contributed by atoms with E-state index in [1.807, 2.05) is 0 Å². The van der Waals surface area contributed by atoms with E-state index in [0.717, 1.165) is 0 Å². The lowest BCUT2D eigenvalue weighted by atomic mass is 10.1. The van der Waals surface area contributed by atoms with Gasteiger partial charge >= 0.3 is 0 Å². The van der Waals surface area contributed by atoms with Crippen LogP contribution in [0.2, 0.25) is 0 Å². The van der Waals surface area contributed by atoms with Crippen LogP contribution in [-0.4, -0.2) is 66.8 Å². The molecule has 2 rings (SSSR count). The van der Waals surface area contributed by atoms with Gasteiger partial charge in [-0.05, 0) is 0 Å². The van der Waals surface area contributed by atoms with Gasteiger partial charge in [-0.15, -0.1) is 0 Å². The molecule has 2 N–H and O–H groups in total. The molecule has 0 aromatic rings. The van der Waals surface area contributed by atoms with Crippen LogP contribution < -0.4 is 5.32 Å². The van der Waals surface area contributed by atoms with E-state index in [1.54, 1.807) is 0 Å². The highest BCUT2D eigenvalue weighted by atomic mass is 19.3. The van der Waals surface area contributed by atoms with Gasteiger partial charge in [0.25, 0.3) is 5.92 Å². The average molecular weight is 250 g/mol. The Labute approximate surface area is 97.7 Å². The van der Waals surface area contributed by atoms with Gasteiger partial charge in [0.05, 0.1) is 31.9 Å². The molecule has 17 heavy (non-hydrogen) atoms. The van der Waals surface area contributed by atoms with Gasteiger partial charge in [0, 0.05) is 19.5 Å². The Bertz CT molecular complexity index is 301. The standard InChI is InChI=1S/C10H16F2N2O3/c11-10(12)3-8(13-6-10)9(16)14-1-2-17-7(4-14)5-15/h7-8,13,15H,1-6H2. The van der Waals surface area contributed by atoms with E-state index in [9.17, 15) is 13.6 Å². The number of aliphatic hydroxyl groups excluding tert-OH is 1. The minimum Gasteiger partial charge on any atom is -0.394 e. The quantitative estimate of drug-likeness (QED) is 0.674. The zero-order chi connectivity index (χ0) is 12.5. The number of halogens is 2. The SMILES string of the molecule is O=C(C1CC(F)(F)CN1)N1CCOC(CO)C1. The van der Waals surface area contributed by atoms with Gasteiger partial charge in [-0.25, -0.2) is 8.78 Å². The van der Waals surface area contributed by atoms with E-state index in [-0.39, 0.29) is 19.1 Å². The molecule has 0 radical (unpaired) electrons. The number of nitrogens with zero attached hydrogens (tertiary/aromatic N) is 1. The number of ether oxygens (including phenoxy) is 1. The third-order valence-electron chi connectivity index (χ3n) is 3.06. The van der Waals surface area contributed by atoms with E-state index >= 15 is 0 Å². The third kappa shape index (κ3) is 2.91. The van der Waals surface area contributed by atoms with E-state index in [4.69, 9.17) is 9.84 Å². The Kier molecular flexibility index (Phi) is 3.60. The summed E-state index contributed by atoms with van der Waals surface area (Å²) in [4.78, 5) is 13.4. The van der Waals surface area contributed by atoms with Crippen LogP contribution in [0.25, 0.3) is 0 Å². The smallest absolute Gasteiger partial charge is 0.262 e. The van der Waals surface area contributed by atoms with Crippen molar-refractivity contribution in [3.63, 3.8) is 0 Å². The van der Waals surface area contributed by atoms with Gasteiger partial charge in [-0.2, -0.15) is 0 Å². The highest BCUT2D eigenvalue weighted by molar-refractivity contribution is 5.82. The van der Waals surface area contributed by atoms with Crippen molar-refractivity contribution in [3.05, 3.63) is 0 Å². The second-order valence-electron chi connectivity index (χ2n) is 4.45. The van der Waals surface area contributed by atoms with Crippen LogP contribution >= 0.6 is 0 Å². The lowest BCUT2D eigenvalue weighted by Crippen LogP contribution is -2.52. The molecule has 0 saturated carbocycles. The number of alkyl halides is 2. The summed E-state index contributed by atoms with van der Waals surface area (Å²) >= 11 is 0. The summed E-state index contributed by atoms with van der Waals surface area (Å²) in [5.41, 5.74) is 0. The summed E-state index contributed by atoms with van der Waals surface area (Å²) in [7, 11) is 0. The molecule has 2 unspecified atom stereocenters. The van der Waals surface area contributed by atoms with Gasteiger partial charge in [0.15, 0.2) is 0 Å². The monoisotopic (exact) mass is 250 g/mol. The molecule has 0 aromatic heterocycles. The molecule has 2 saturated heterocycles. The fourth-order valence-electron chi connectivity index (χ4n) is 2.14. The first-order valence-corrected chi connectivity index (χ1v) is 5.64. The number of morpholine rings is 1. The van der Waals surface area contributed by atoms with Crippen LogP contribution in [0.15, 0.2) is 0 Å². The summed E-state index contributed by atoms with van der Waals surface area (Å²) in [6.07, 6.45) is -0.859. The van der Waals surface area contributed by atoms with Crippen molar-refractivity contribution in [2.75, 3.05) is 32.8 Å². The molecule has 0 bridgehead atoms. The minimum absolute atomic E-state index is 0.169. The van der Waals surface area contributed by atoms with Crippen molar-refractivity contribution in [2.24, 2.45) is 0 Å².